The zero-order valence-electron chi connectivity index (χ0n) is 29.4. The smallest absolute Gasteiger partial charge is 0.0351 e. The number of hydrogen-bond acceptors (Lipinski definition) is 0. The molecule has 0 aromatic carbocycles. The predicted octanol–water partition coefficient (Wildman–Crippen LogP) is 15.5. The zero-order chi connectivity index (χ0) is 29.9. The molecule has 0 heterocycles. The van der Waals surface area contributed by atoms with E-state index < -0.39 is 0 Å². The summed E-state index contributed by atoms with van der Waals surface area (Å²) in [6.07, 6.45) is 53.8. The van der Waals surface area contributed by atoms with Crippen molar-refractivity contribution >= 4 is 0 Å². The van der Waals surface area contributed by atoms with Crippen molar-refractivity contribution in [3.05, 3.63) is 24.3 Å². The molecule has 0 amide bonds. The SMILES string of the molecule is CCCCCCCC/C=C\CCCCCCCCCC(CCCCCCCC/C=C\CCCCCCCC)C(C)C. The summed E-state index contributed by atoms with van der Waals surface area (Å²) < 4.78 is 0. The van der Waals surface area contributed by atoms with Crippen LogP contribution in [0.4, 0.5) is 0 Å². The maximum Gasteiger partial charge on any atom is -0.0351 e. The molecule has 0 nitrogen and oxygen atoms in total. The topological polar surface area (TPSA) is 0 Å². The Hall–Kier alpha value is -0.520. The minimum Gasteiger partial charge on any atom is -0.0885 e. The van der Waals surface area contributed by atoms with Crippen molar-refractivity contribution in [1.29, 1.82) is 0 Å². The number of rotatable bonds is 34. The molecule has 0 aliphatic rings. The summed E-state index contributed by atoms with van der Waals surface area (Å²) in [5.41, 5.74) is 0. The van der Waals surface area contributed by atoms with Gasteiger partial charge in [0.05, 0.1) is 0 Å². The van der Waals surface area contributed by atoms with Gasteiger partial charge in [0.2, 0.25) is 0 Å². The highest BCUT2D eigenvalue weighted by atomic mass is 14.2. The lowest BCUT2D eigenvalue weighted by Gasteiger charge is -2.20. The largest absolute Gasteiger partial charge is 0.0885 e. The molecule has 41 heavy (non-hydrogen) atoms. The van der Waals surface area contributed by atoms with Crippen molar-refractivity contribution < 1.29 is 0 Å². The second-order valence-corrected chi connectivity index (χ2v) is 13.8. The molecule has 1 atom stereocenters. The fourth-order valence-electron chi connectivity index (χ4n) is 6.30. The van der Waals surface area contributed by atoms with Crippen LogP contribution in [0.3, 0.4) is 0 Å². The van der Waals surface area contributed by atoms with E-state index >= 15 is 0 Å². The van der Waals surface area contributed by atoms with Gasteiger partial charge in [0.15, 0.2) is 0 Å². The van der Waals surface area contributed by atoms with E-state index in [0.717, 1.165) is 11.8 Å². The molecule has 0 saturated carbocycles. The fraction of sp³-hybridized carbons (Fsp3) is 0.902. The number of hydrogen-bond donors (Lipinski definition) is 0. The van der Waals surface area contributed by atoms with E-state index in [1.54, 1.807) is 0 Å². The molecule has 1 unspecified atom stereocenters. The summed E-state index contributed by atoms with van der Waals surface area (Å²) >= 11 is 0. The average molecular weight is 573 g/mol. The van der Waals surface area contributed by atoms with Crippen LogP contribution in [0.2, 0.25) is 0 Å². The molecule has 0 saturated heterocycles. The van der Waals surface area contributed by atoms with Crippen LogP contribution in [0.5, 0.6) is 0 Å². The van der Waals surface area contributed by atoms with Gasteiger partial charge in [-0.3, -0.25) is 0 Å². The normalized spacial score (nSPS) is 12.9. The van der Waals surface area contributed by atoms with Crippen LogP contribution in [0, 0.1) is 11.8 Å². The summed E-state index contributed by atoms with van der Waals surface area (Å²) in [6, 6.07) is 0. The Bertz CT molecular complexity index is 512. The van der Waals surface area contributed by atoms with Gasteiger partial charge in [-0.05, 0) is 63.2 Å². The van der Waals surface area contributed by atoms with Gasteiger partial charge in [-0.1, -0.05) is 200 Å². The Labute approximate surface area is 262 Å². The highest BCUT2D eigenvalue weighted by Gasteiger charge is 2.12. The standard InChI is InChI=1S/C41H80/c1-5-7-9-11-13-15-17-19-21-23-25-27-29-31-33-35-37-39-41(40(3)4)38-36-34-32-30-28-26-24-22-20-18-16-14-12-10-8-6-2/h19-22,40-41H,5-18,23-39H2,1-4H3/b21-19-,22-20-. The first kappa shape index (κ1) is 40.5. The molecule has 0 heteroatoms. The van der Waals surface area contributed by atoms with Gasteiger partial charge in [0.25, 0.3) is 0 Å². The van der Waals surface area contributed by atoms with E-state index in [2.05, 4.69) is 52.0 Å². The minimum absolute atomic E-state index is 0.868. The first-order valence-electron chi connectivity index (χ1n) is 19.5. The second kappa shape index (κ2) is 35.7. The lowest BCUT2D eigenvalue weighted by Crippen LogP contribution is -2.08. The average Bonchev–Trinajstić information content (AvgIpc) is 2.97. The second-order valence-electron chi connectivity index (χ2n) is 13.8. The highest BCUT2D eigenvalue weighted by molar-refractivity contribution is 4.82. The number of unbranched alkanes of at least 4 members (excludes halogenated alkanes) is 25. The van der Waals surface area contributed by atoms with Crippen molar-refractivity contribution in [1.82, 2.24) is 0 Å². The van der Waals surface area contributed by atoms with E-state index in [0.29, 0.717) is 0 Å². The summed E-state index contributed by atoms with van der Waals surface area (Å²) in [5.74, 6) is 1.84. The van der Waals surface area contributed by atoms with Gasteiger partial charge < -0.3 is 0 Å². The summed E-state index contributed by atoms with van der Waals surface area (Å²) in [7, 11) is 0. The van der Waals surface area contributed by atoms with Crippen molar-refractivity contribution in [3.63, 3.8) is 0 Å². The summed E-state index contributed by atoms with van der Waals surface area (Å²) in [6.45, 7) is 9.53. The van der Waals surface area contributed by atoms with E-state index in [1.165, 1.54) is 199 Å². The monoisotopic (exact) mass is 573 g/mol. The van der Waals surface area contributed by atoms with Gasteiger partial charge >= 0.3 is 0 Å². The fourth-order valence-corrected chi connectivity index (χ4v) is 6.30. The van der Waals surface area contributed by atoms with Gasteiger partial charge in [-0.15, -0.1) is 0 Å². The highest BCUT2D eigenvalue weighted by Crippen LogP contribution is 2.25. The van der Waals surface area contributed by atoms with Crippen LogP contribution in [0.25, 0.3) is 0 Å². The van der Waals surface area contributed by atoms with Crippen LogP contribution in [0.1, 0.15) is 227 Å². The van der Waals surface area contributed by atoms with E-state index in [9.17, 15) is 0 Å². The molecule has 0 spiro atoms. The Morgan fingerprint density at radius 1 is 0.317 bits per heavy atom. The molecular formula is C41H80. The Morgan fingerprint density at radius 2 is 0.561 bits per heavy atom. The molecule has 0 aromatic rings. The molecule has 0 bridgehead atoms. The maximum absolute atomic E-state index is 2.46. The van der Waals surface area contributed by atoms with Crippen LogP contribution >= 0.6 is 0 Å². The molecule has 0 rings (SSSR count). The van der Waals surface area contributed by atoms with Crippen LogP contribution in [-0.2, 0) is 0 Å². The first-order valence-corrected chi connectivity index (χ1v) is 19.5. The maximum atomic E-state index is 2.46. The summed E-state index contributed by atoms with van der Waals surface area (Å²) in [5, 5.41) is 0. The minimum atomic E-state index is 0.868. The molecule has 0 fully saturated rings. The molecule has 0 aliphatic heterocycles. The quantitative estimate of drug-likeness (QED) is 0.0531. The van der Waals surface area contributed by atoms with Crippen LogP contribution < -0.4 is 0 Å². The van der Waals surface area contributed by atoms with E-state index in [-0.39, 0.29) is 0 Å². The molecule has 244 valence electrons. The molecular weight excluding hydrogens is 492 g/mol. The Balaban J connectivity index is 3.45. The van der Waals surface area contributed by atoms with E-state index in [1.807, 2.05) is 0 Å². The molecule has 0 N–H and O–H groups in total. The van der Waals surface area contributed by atoms with Crippen molar-refractivity contribution in [2.45, 2.75) is 227 Å². The van der Waals surface area contributed by atoms with Crippen LogP contribution in [-0.4, -0.2) is 0 Å². The Kier molecular flexibility index (Phi) is 35.2. The van der Waals surface area contributed by atoms with Gasteiger partial charge in [-0.2, -0.15) is 0 Å². The van der Waals surface area contributed by atoms with Crippen molar-refractivity contribution in [2.24, 2.45) is 11.8 Å². The first-order chi connectivity index (χ1) is 20.2. The van der Waals surface area contributed by atoms with Gasteiger partial charge in [-0.25, -0.2) is 0 Å². The van der Waals surface area contributed by atoms with Gasteiger partial charge in [0.1, 0.15) is 0 Å². The number of allylic oxidation sites excluding steroid dienone is 4. The van der Waals surface area contributed by atoms with Crippen molar-refractivity contribution in [3.8, 4) is 0 Å². The predicted molar refractivity (Wildman–Crippen MR) is 191 cm³/mol. The van der Waals surface area contributed by atoms with Gasteiger partial charge in [0, 0.05) is 0 Å². The lowest BCUT2D eigenvalue weighted by atomic mass is 9.85. The van der Waals surface area contributed by atoms with E-state index in [4.69, 9.17) is 0 Å². The third-order valence-corrected chi connectivity index (χ3v) is 9.37. The van der Waals surface area contributed by atoms with Crippen molar-refractivity contribution in [2.75, 3.05) is 0 Å². The van der Waals surface area contributed by atoms with Crippen LogP contribution in [0.15, 0.2) is 24.3 Å². The Morgan fingerprint density at radius 3 is 0.829 bits per heavy atom. The molecule has 0 aromatic heterocycles. The molecule has 0 radical (unpaired) electrons. The third kappa shape index (κ3) is 33.8. The molecule has 0 aliphatic carbocycles. The lowest BCUT2D eigenvalue weighted by molar-refractivity contribution is 0.312. The zero-order valence-corrected chi connectivity index (χ0v) is 29.4. The third-order valence-electron chi connectivity index (χ3n) is 9.37. The summed E-state index contributed by atoms with van der Waals surface area (Å²) in [4.78, 5) is 0.